The van der Waals surface area contributed by atoms with E-state index in [0.717, 1.165) is 28.9 Å². The molecule has 1 N–H and O–H groups in total. The number of carboxylic acids is 1. The highest BCUT2D eigenvalue weighted by atomic mass is 32.2. The van der Waals surface area contributed by atoms with Crippen molar-refractivity contribution in [1.82, 2.24) is 0 Å². The van der Waals surface area contributed by atoms with Gasteiger partial charge in [0.25, 0.3) is 0 Å². The number of aromatic carboxylic acids is 1. The predicted octanol–water partition coefficient (Wildman–Crippen LogP) is 5.94. The molecule has 0 fully saturated rings. The summed E-state index contributed by atoms with van der Waals surface area (Å²) in [5.41, 5.74) is 3.52. The van der Waals surface area contributed by atoms with E-state index >= 15 is 0 Å². The van der Waals surface area contributed by atoms with Crippen molar-refractivity contribution in [1.29, 1.82) is 0 Å². The third-order valence-electron chi connectivity index (χ3n) is 4.31. The van der Waals surface area contributed by atoms with Crippen LogP contribution in [0.15, 0.2) is 83.8 Å². The molecular weight excluding hydrogens is 368 g/mol. The molecule has 0 saturated heterocycles. The summed E-state index contributed by atoms with van der Waals surface area (Å²) < 4.78 is 6.06. The molecule has 0 aliphatic carbocycles. The van der Waals surface area contributed by atoms with Gasteiger partial charge < -0.3 is 9.84 Å². The molecule has 0 atom stereocenters. The largest absolute Gasteiger partial charge is 0.489 e. The van der Waals surface area contributed by atoms with Gasteiger partial charge in [-0.1, -0.05) is 54.6 Å². The molecule has 4 heteroatoms. The molecule has 0 saturated carbocycles. The number of hydrogen-bond donors (Lipinski definition) is 1. The Morgan fingerprint density at radius 2 is 1.79 bits per heavy atom. The van der Waals surface area contributed by atoms with Crippen molar-refractivity contribution in [3.8, 4) is 5.75 Å². The zero-order chi connectivity index (χ0) is 19.8. The van der Waals surface area contributed by atoms with Crippen molar-refractivity contribution in [3.63, 3.8) is 0 Å². The second kappa shape index (κ2) is 9.81. The van der Waals surface area contributed by atoms with E-state index in [4.69, 9.17) is 9.84 Å². The topological polar surface area (TPSA) is 46.5 Å². The van der Waals surface area contributed by atoms with Gasteiger partial charge >= 0.3 is 5.97 Å². The minimum Gasteiger partial charge on any atom is -0.489 e. The number of thioether (sulfide) groups is 1. The second-order valence-corrected chi connectivity index (χ2v) is 7.16. The average molecular weight is 391 g/mol. The number of carboxylic acid groups (broad SMARTS) is 1. The third kappa shape index (κ3) is 5.51. The van der Waals surface area contributed by atoms with Gasteiger partial charge in [-0.05, 0) is 59.7 Å². The lowest BCUT2D eigenvalue weighted by molar-refractivity contribution is 0.0697. The molecule has 3 aromatic carbocycles. The molecule has 0 aliphatic heterocycles. The van der Waals surface area contributed by atoms with Crippen molar-refractivity contribution in [3.05, 3.63) is 101 Å². The first-order valence-corrected chi connectivity index (χ1v) is 10.2. The minimum atomic E-state index is -0.912. The van der Waals surface area contributed by atoms with Crippen LogP contribution in [0.1, 0.15) is 27.0 Å². The van der Waals surface area contributed by atoms with Crippen molar-refractivity contribution in [2.45, 2.75) is 17.9 Å². The first-order valence-electron chi connectivity index (χ1n) is 8.99. The Hall–Kier alpha value is -2.98. The first kappa shape index (κ1) is 19.8. The van der Waals surface area contributed by atoms with Crippen LogP contribution in [-0.2, 0) is 13.0 Å². The van der Waals surface area contributed by atoms with E-state index < -0.39 is 5.97 Å². The highest BCUT2D eigenvalue weighted by molar-refractivity contribution is 7.98. The van der Waals surface area contributed by atoms with E-state index in [1.54, 1.807) is 23.9 Å². The van der Waals surface area contributed by atoms with Gasteiger partial charge in [-0.3, -0.25) is 0 Å². The molecule has 0 radical (unpaired) electrons. The fraction of sp³-hybridized carbons (Fsp3) is 0.125. The van der Waals surface area contributed by atoms with Crippen molar-refractivity contribution in [2.24, 2.45) is 0 Å². The van der Waals surface area contributed by atoms with Crippen molar-refractivity contribution >= 4 is 23.8 Å². The van der Waals surface area contributed by atoms with Crippen LogP contribution in [0, 0.1) is 0 Å². The van der Waals surface area contributed by atoms with Gasteiger partial charge in [0.2, 0.25) is 0 Å². The first-order chi connectivity index (χ1) is 13.7. The van der Waals surface area contributed by atoms with Gasteiger partial charge in [-0.15, -0.1) is 11.8 Å². The molecule has 3 rings (SSSR count). The summed E-state index contributed by atoms with van der Waals surface area (Å²) in [5.74, 6) is -0.0304. The lowest BCUT2D eigenvalue weighted by atomic mass is 10.1. The van der Waals surface area contributed by atoms with Gasteiger partial charge in [0.15, 0.2) is 0 Å². The maximum atomic E-state index is 10.9. The number of allylic oxidation sites excluding steroid dienone is 1. The van der Waals surface area contributed by atoms with E-state index in [-0.39, 0.29) is 0 Å². The summed E-state index contributed by atoms with van der Waals surface area (Å²) >= 11 is 1.71. The number of ether oxygens (including phenoxy) is 1. The lowest BCUT2D eigenvalue weighted by Crippen LogP contribution is -1.98. The standard InChI is InChI=1S/C24H22O3S/c1-28-22-14-15-23(27-17-19-6-3-2-4-7-19)21(16-22)9-5-8-18-10-12-20(13-11-18)24(25)26/h2-8,10-16H,9,17H2,1H3,(H,25,26). The van der Waals surface area contributed by atoms with E-state index in [2.05, 4.69) is 36.6 Å². The van der Waals surface area contributed by atoms with E-state index in [1.165, 1.54) is 4.90 Å². The summed E-state index contributed by atoms with van der Waals surface area (Å²) in [6, 6.07) is 23.2. The SMILES string of the molecule is CSc1ccc(OCc2ccccc2)c(CC=Cc2ccc(C(=O)O)cc2)c1. The van der Waals surface area contributed by atoms with Crippen LogP contribution < -0.4 is 4.74 Å². The molecule has 0 amide bonds. The summed E-state index contributed by atoms with van der Waals surface area (Å²) in [5, 5.41) is 8.98. The Bertz CT molecular complexity index is 947. The summed E-state index contributed by atoms with van der Waals surface area (Å²) in [7, 11) is 0. The highest BCUT2D eigenvalue weighted by Gasteiger charge is 2.05. The highest BCUT2D eigenvalue weighted by Crippen LogP contribution is 2.26. The monoisotopic (exact) mass is 390 g/mol. The van der Waals surface area contributed by atoms with E-state index in [9.17, 15) is 4.79 Å². The van der Waals surface area contributed by atoms with Gasteiger partial charge in [0, 0.05) is 4.90 Å². The summed E-state index contributed by atoms with van der Waals surface area (Å²) in [6.45, 7) is 0.535. The normalized spacial score (nSPS) is 10.9. The third-order valence-corrected chi connectivity index (χ3v) is 5.04. The molecule has 0 bridgehead atoms. The number of hydrogen-bond acceptors (Lipinski definition) is 3. The molecule has 0 heterocycles. The maximum Gasteiger partial charge on any atom is 0.335 e. The predicted molar refractivity (Wildman–Crippen MR) is 115 cm³/mol. The molecule has 3 aromatic rings. The molecule has 142 valence electrons. The number of rotatable bonds is 8. The molecule has 0 aliphatic rings. The van der Waals surface area contributed by atoms with Crippen LogP contribution in [0.5, 0.6) is 5.75 Å². The number of benzene rings is 3. The maximum absolute atomic E-state index is 10.9. The lowest BCUT2D eigenvalue weighted by Gasteiger charge is -2.12. The Morgan fingerprint density at radius 3 is 2.46 bits per heavy atom. The van der Waals surface area contributed by atoms with Crippen LogP contribution in [0.4, 0.5) is 0 Å². The smallest absolute Gasteiger partial charge is 0.335 e. The zero-order valence-electron chi connectivity index (χ0n) is 15.7. The van der Waals surface area contributed by atoms with Crippen LogP contribution >= 0.6 is 11.8 Å². The second-order valence-electron chi connectivity index (χ2n) is 6.28. The van der Waals surface area contributed by atoms with Crippen LogP contribution in [0.3, 0.4) is 0 Å². The zero-order valence-corrected chi connectivity index (χ0v) is 16.5. The molecule has 0 spiro atoms. The van der Waals surface area contributed by atoms with Crippen LogP contribution in [-0.4, -0.2) is 17.3 Å². The molecular formula is C24H22O3S. The van der Waals surface area contributed by atoms with Gasteiger partial charge in [0.1, 0.15) is 12.4 Å². The van der Waals surface area contributed by atoms with Crippen molar-refractivity contribution < 1.29 is 14.6 Å². The fourth-order valence-corrected chi connectivity index (χ4v) is 3.24. The van der Waals surface area contributed by atoms with Gasteiger partial charge in [-0.2, -0.15) is 0 Å². The number of carbonyl (C=O) groups is 1. The fourth-order valence-electron chi connectivity index (χ4n) is 2.78. The molecule has 3 nitrogen and oxygen atoms in total. The summed E-state index contributed by atoms with van der Waals surface area (Å²) in [6.07, 6.45) is 6.87. The van der Waals surface area contributed by atoms with Crippen molar-refractivity contribution in [2.75, 3.05) is 6.26 Å². The Labute approximate surface area is 169 Å². The van der Waals surface area contributed by atoms with E-state index in [1.807, 2.05) is 42.5 Å². The quantitative estimate of drug-likeness (QED) is 0.483. The minimum absolute atomic E-state index is 0.293. The van der Waals surface area contributed by atoms with Crippen LogP contribution in [0.25, 0.3) is 6.08 Å². The van der Waals surface area contributed by atoms with Gasteiger partial charge in [0.05, 0.1) is 5.56 Å². The Morgan fingerprint density at radius 1 is 1.04 bits per heavy atom. The van der Waals surface area contributed by atoms with Gasteiger partial charge in [-0.25, -0.2) is 4.79 Å². The molecule has 0 unspecified atom stereocenters. The summed E-state index contributed by atoms with van der Waals surface area (Å²) in [4.78, 5) is 12.1. The van der Waals surface area contributed by atoms with Crippen LogP contribution in [0.2, 0.25) is 0 Å². The molecule has 28 heavy (non-hydrogen) atoms. The Kier molecular flexibility index (Phi) is 6.93. The Balaban J connectivity index is 1.71. The molecule has 0 aromatic heterocycles. The van der Waals surface area contributed by atoms with E-state index in [0.29, 0.717) is 12.2 Å². The average Bonchev–Trinajstić information content (AvgIpc) is 2.74.